The van der Waals surface area contributed by atoms with Crippen molar-refractivity contribution in [3.8, 4) is 0 Å². The van der Waals surface area contributed by atoms with E-state index in [1.54, 1.807) is 0 Å². The van der Waals surface area contributed by atoms with Crippen LogP contribution in [-0.4, -0.2) is 41.7 Å². The quantitative estimate of drug-likeness (QED) is 0.169. The normalized spacial score (nSPS) is 14.2. The smallest absolute Gasteiger partial charge is 0.365 e. The monoisotopic (exact) mass is 398 g/mol. The summed E-state index contributed by atoms with van der Waals surface area (Å²) in [5.41, 5.74) is -0.662. The van der Waals surface area contributed by atoms with E-state index < -0.39 is 11.5 Å². The summed E-state index contributed by atoms with van der Waals surface area (Å²) in [7, 11) is 4.08. The van der Waals surface area contributed by atoms with Gasteiger partial charge in [-0.15, -0.1) is 0 Å². The zero-order valence-electron chi connectivity index (χ0n) is 20.0. The SMILES string of the molecule is CCCCCCCCCCCCCCCCCCC(C)(C(=O)O)[N+](C)(C)CC. The molecule has 168 valence electrons. The van der Waals surface area contributed by atoms with Crippen LogP contribution in [0.25, 0.3) is 0 Å². The molecule has 0 aliphatic rings. The van der Waals surface area contributed by atoms with Gasteiger partial charge in [0.1, 0.15) is 0 Å². The van der Waals surface area contributed by atoms with E-state index in [1.165, 1.54) is 96.3 Å². The van der Waals surface area contributed by atoms with Gasteiger partial charge in [-0.2, -0.15) is 0 Å². The third kappa shape index (κ3) is 11.4. The van der Waals surface area contributed by atoms with E-state index in [-0.39, 0.29) is 0 Å². The summed E-state index contributed by atoms with van der Waals surface area (Å²) in [6.07, 6.45) is 22.5. The molecule has 0 aromatic rings. The average molecular weight is 399 g/mol. The number of likely N-dealkylation sites (N-methyl/N-ethyl adjacent to an activating group) is 1. The zero-order chi connectivity index (χ0) is 21.3. The third-order valence-electron chi connectivity index (χ3n) is 7.10. The fourth-order valence-electron chi connectivity index (χ4n) is 4.03. The number of nitrogens with zero attached hydrogens (tertiary/aromatic N) is 1. The van der Waals surface area contributed by atoms with Crippen LogP contribution in [-0.2, 0) is 4.79 Å². The molecule has 0 heterocycles. The second kappa shape index (κ2) is 16.3. The molecule has 3 heteroatoms. The standard InChI is InChI=1S/C25H51NO2/c1-6-8-9-10-11-12-13-14-15-16-17-18-19-20-21-22-23-25(3,24(27)28)26(4,5)7-2/h6-23H2,1-5H3/p+1. The van der Waals surface area contributed by atoms with Crippen molar-refractivity contribution in [2.45, 2.75) is 135 Å². The minimum Gasteiger partial charge on any atom is -0.477 e. The van der Waals surface area contributed by atoms with E-state index in [1.807, 2.05) is 21.0 Å². The van der Waals surface area contributed by atoms with E-state index >= 15 is 0 Å². The topological polar surface area (TPSA) is 37.3 Å². The summed E-state index contributed by atoms with van der Waals surface area (Å²) < 4.78 is 0.557. The van der Waals surface area contributed by atoms with Gasteiger partial charge in [0.2, 0.25) is 0 Å². The number of carboxylic acids is 1. The van der Waals surface area contributed by atoms with Crippen LogP contribution < -0.4 is 0 Å². The van der Waals surface area contributed by atoms with Gasteiger partial charge < -0.3 is 9.59 Å². The second-order valence-electron chi connectivity index (χ2n) is 9.63. The molecule has 0 aliphatic heterocycles. The predicted octanol–water partition coefficient (Wildman–Crippen LogP) is 7.58. The molecule has 0 saturated carbocycles. The molecule has 0 aliphatic carbocycles. The maximum atomic E-state index is 11.8. The first-order valence-corrected chi connectivity index (χ1v) is 12.4. The molecule has 0 fully saturated rings. The lowest BCUT2D eigenvalue weighted by molar-refractivity contribution is -0.929. The fraction of sp³-hybridized carbons (Fsp3) is 0.960. The first-order chi connectivity index (χ1) is 13.3. The van der Waals surface area contributed by atoms with E-state index in [2.05, 4.69) is 13.8 Å². The van der Waals surface area contributed by atoms with Gasteiger partial charge >= 0.3 is 5.97 Å². The van der Waals surface area contributed by atoms with Gasteiger partial charge in [0.25, 0.3) is 0 Å². The molecule has 0 aromatic heterocycles. The third-order valence-corrected chi connectivity index (χ3v) is 7.10. The molecular formula is C25H52NO2+. The summed E-state index contributed by atoms with van der Waals surface area (Å²) in [4.78, 5) is 11.8. The van der Waals surface area contributed by atoms with Crippen LogP contribution in [0.2, 0.25) is 0 Å². The van der Waals surface area contributed by atoms with Crippen LogP contribution in [0.15, 0.2) is 0 Å². The molecule has 0 spiro atoms. The van der Waals surface area contributed by atoms with Gasteiger partial charge in [0.15, 0.2) is 5.54 Å². The first kappa shape index (κ1) is 27.4. The zero-order valence-corrected chi connectivity index (χ0v) is 20.0. The highest BCUT2D eigenvalue weighted by Gasteiger charge is 2.46. The highest BCUT2D eigenvalue weighted by atomic mass is 16.4. The minimum atomic E-state index is -0.662. The van der Waals surface area contributed by atoms with E-state index in [0.717, 1.165) is 19.4 Å². The Kier molecular flexibility index (Phi) is 15.9. The maximum Gasteiger partial charge on any atom is 0.365 e. The maximum absolute atomic E-state index is 11.8. The Balaban J connectivity index is 3.54. The van der Waals surface area contributed by atoms with Crippen LogP contribution in [0.1, 0.15) is 130 Å². The number of carbonyl (C=O) groups is 1. The molecule has 1 unspecified atom stereocenters. The Morgan fingerprint density at radius 3 is 1.29 bits per heavy atom. The van der Waals surface area contributed by atoms with Crippen molar-refractivity contribution in [1.82, 2.24) is 0 Å². The summed E-state index contributed by atoms with van der Waals surface area (Å²) in [5, 5.41) is 9.71. The fourth-order valence-corrected chi connectivity index (χ4v) is 4.03. The predicted molar refractivity (Wildman–Crippen MR) is 123 cm³/mol. The molecule has 1 atom stereocenters. The lowest BCUT2D eigenvalue weighted by Crippen LogP contribution is -2.62. The van der Waals surface area contributed by atoms with E-state index in [0.29, 0.717) is 4.48 Å². The Morgan fingerprint density at radius 1 is 0.679 bits per heavy atom. The number of hydrogen-bond acceptors (Lipinski definition) is 1. The Hall–Kier alpha value is -0.570. The van der Waals surface area contributed by atoms with E-state index in [9.17, 15) is 9.90 Å². The molecular weight excluding hydrogens is 346 g/mol. The molecule has 0 amide bonds. The summed E-state index contributed by atoms with van der Waals surface area (Å²) in [6.45, 7) is 7.13. The van der Waals surface area contributed by atoms with Gasteiger partial charge in [0, 0.05) is 13.3 Å². The van der Waals surface area contributed by atoms with Crippen LogP contribution in [0, 0.1) is 0 Å². The number of rotatable bonds is 20. The summed E-state index contributed by atoms with van der Waals surface area (Å²) >= 11 is 0. The van der Waals surface area contributed by atoms with Crippen molar-refractivity contribution < 1.29 is 14.4 Å². The number of carboxylic acid groups (broad SMARTS) is 1. The van der Waals surface area contributed by atoms with Gasteiger partial charge in [-0.1, -0.05) is 103 Å². The minimum absolute atomic E-state index is 0.557. The molecule has 1 N–H and O–H groups in total. The van der Waals surface area contributed by atoms with Crippen molar-refractivity contribution in [2.75, 3.05) is 20.6 Å². The van der Waals surface area contributed by atoms with Crippen molar-refractivity contribution in [3.63, 3.8) is 0 Å². The van der Waals surface area contributed by atoms with Crippen LogP contribution >= 0.6 is 0 Å². The van der Waals surface area contributed by atoms with Crippen molar-refractivity contribution in [2.24, 2.45) is 0 Å². The Labute approximate surface area is 176 Å². The Bertz CT molecular complexity index is 381. The molecule has 0 bridgehead atoms. The van der Waals surface area contributed by atoms with Crippen LogP contribution in [0.4, 0.5) is 0 Å². The van der Waals surface area contributed by atoms with Crippen molar-refractivity contribution >= 4 is 5.97 Å². The van der Waals surface area contributed by atoms with Crippen LogP contribution in [0.5, 0.6) is 0 Å². The second-order valence-corrected chi connectivity index (χ2v) is 9.63. The number of unbranched alkanes of at least 4 members (excludes halogenated alkanes) is 15. The van der Waals surface area contributed by atoms with Gasteiger partial charge in [-0.05, 0) is 13.3 Å². The highest BCUT2D eigenvalue weighted by molar-refractivity contribution is 5.76. The first-order valence-electron chi connectivity index (χ1n) is 12.4. The molecule has 0 aromatic carbocycles. The number of aliphatic carboxylic acids is 1. The van der Waals surface area contributed by atoms with Gasteiger partial charge in [-0.3, -0.25) is 0 Å². The highest BCUT2D eigenvalue weighted by Crippen LogP contribution is 2.27. The van der Waals surface area contributed by atoms with Gasteiger partial charge in [0.05, 0.1) is 20.6 Å². The van der Waals surface area contributed by atoms with Gasteiger partial charge in [-0.25, -0.2) is 4.79 Å². The summed E-state index contributed by atoms with van der Waals surface area (Å²) in [5.74, 6) is -0.652. The molecule has 3 nitrogen and oxygen atoms in total. The largest absolute Gasteiger partial charge is 0.477 e. The molecule has 0 saturated heterocycles. The van der Waals surface area contributed by atoms with Crippen molar-refractivity contribution in [3.05, 3.63) is 0 Å². The van der Waals surface area contributed by atoms with Crippen molar-refractivity contribution in [1.29, 1.82) is 0 Å². The summed E-state index contributed by atoms with van der Waals surface area (Å²) in [6, 6.07) is 0. The average Bonchev–Trinajstić information content (AvgIpc) is 2.67. The van der Waals surface area contributed by atoms with E-state index in [4.69, 9.17) is 0 Å². The molecule has 28 heavy (non-hydrogen) atoms. The lowest BCUT2D eigenvalue weighted by Gasteiger charge is -2.43. The number of quaternary nitrogens is 1. The van der Waals surface area contributed by atoms with Crippen LogP contribution in [0.3, 0.4) is 0 Å². The molecule has 0 rings (SSSR count). The lowest BCUT2D eigenvalue weighted by atomic mass is 9.90. The Morgan fingerprint density at radius 2 is 1.00 bits per heavy atom. The molecule has 0 radical (unpaired) electrons. The number of hydrogen-bond donors (Lipinski definition) is 1.